The van der Waals surface area contributed by atoms with Crippen LogP contribution in [0.5, 0.6) is 0 Å². The van der Waals surface area contributed by atoms with Gasteiger partial charge in [-0.05, 0) is 36.8 Å². The summed E-state index contributed by atoms with van der Waals surface area (Å²) in [4.78, 5) is 11.4. The topological polar surface area (TPSA) is 31.2 Å². The second-order valence-corrected chi connectivity index (χ2v) is 5.39. The van der Waals surface area contributed by atoms with E-state index < -0.39 is 0 Å². The molecule has 0 unspecified atom stereocenters. The number of benzene rings is 1. The number of fused-ring (bicyclic) bond motifs is 1. The molecule has 1 aromatic heterocycles. The van der Waals surface area contributed by atoms with Crippen LogP contribution in [0.25, 0.3) is 10.2 Å². The third-order valence-electron chi connectivity index (χ3n) is 2.51. The van der Waals surface area contributed by atoms with Crippen molar-refractivity contribution in [1.82, 2.24) is 4.57 Å². The van der Waals surface area contributed by atoms with Crippen LogP contribution >= 0.6 is 23.6 Å². The van der Waals surface area contributed by atoms with Gasteiger partial charge in [0.25, 0.3) is 0 Å². The van der Waals surface area contributed by atoms with Crippen LogP contribution in [0, 0.1) is 3.95 Å². The van der Waals surface area contributed by atoms with Crippen LogP contribution in [0.1, 0.15) is 12.5 Å². The van der Waals surface area contributed by atoms with E-state index in [9.17, 15) is 4.79 Å². The van der Waals surface area contributed by atoms with E-state index in [1.807, 2.05) is 36.7 Å². The van der Waals surface area contributed by atoms with E-state index in [1.165, 1.54) is 0 Å². The molecule has 5 heteroatoms. The summed E-state index contributed by atoms with van der Waals surface area (Å²) in [6, 6.07) is 5.95. The van der Waals surface area contributed by atoms with Gasteiger partial charge in [0.15, 0.2) is 3.95 Å². The molecule has 0 radical (unpaired) electrons. The summed E-state index contributed by atoms with van der Waals surface area (Å²) in [5, 5.41) is 0. The quantitative estimate of drug-likeness (QED) is 0.632. The average Bonchev–Trinajstić information content (AvgIpc) is 2.55. The smallest absolute Gasteiger partial charge is 0.310 e. The van der Waals surface area contributed by atoms with Gasteiger partial charge in [-0.2, -0.15) is 0 Å². The molecule has 0 saturated carbocycles. The van der Waals surface area contributed by atoms with Crippen LogP contribution in [0.2, 0.25) is 0 Å². The molecule has 0 spiro atoms. The van der Waals surface area contributed by atoms with Crippen molar-refractivity contribution in [3.63, 3.8) is 0 Å². The SMILES string of the molecule is CCOC(=O)Cc1ccc2c(c1)sc(=S)n2C. The normalized spacial score (nSPS) is 10.7. The Kier molecular flexibility index (Phi) is 3.59. The van der Waals surface area contributed by atoms with E-state index >= 15 is 0 Å². The van der Waals surface area contributed by atoms with Crippen molar-refractivity contribution in [2.45, 2.75) is 13.3 Å². The molecule has 0 atom stereocenters. The minimum Gasteiger partial charge on any atom is -0.466 e. The van der Waals surface area contributed by atoms with Gasteiger partial charge in [0.05, 0.1) is 23.2 Å². The molecular weight excluding hydrogens is 254 g/mol. The first-order valence-corrected chi connectivity index (χ1v) is 6.58. The van der Waals surface area contributed by atoms with Gasteiger partial charge in [-0.1, -0.05) is 6.07 Å². The Labute approximate surface area is 109 Å². The zero-order chi connectivity index (χ0) is 12.4. The molecule has 0 aliphatic carbocycles. The molecule has 3 nitrogen and oxygen atoms in total. The number of thiazole rings is 1. The molecule has 1 heterocycles. The Bertz CT molecular complexity index is 612. The number of nitrogens with zero attached hydrogens (tertiary/aromatic N) is 1. The number of carbonyl (C=O) groups is 1. The third kappa shape index (κ3) is 2.56. The lowest BCUT2D eigenvalue weighted by molar-refractivity contribution is -0.142. The molecule has 0 bridgehead atoms. The van der Waals surface area contributed by atoms with Crippen molar-refractivity contribution in [2.75, 3.05) is 6.61 Å². The lowest BCUT2D eigenvalue weighted by atomic mass is 10.1. The highest BCUT2D eigenvalue weighted by Gasteiger charge is 2.07. The van der Waals surface area contributed by atoms with E-state index in [2.05, 4.69) is 0 Å². The largest absolute Gasteiger partial charge is 0.466 e. The van der Waals surface area contributed by atoms with Crippen molar-refractivity contribution in [3.8, 4) is 0 Å². The fourth-order valence-corrected chi connectivity index (χ4v) is 2.98. The molecule has 1 aromatic carbocycles. The molecule has 0 N–H and O–H groups in total. The zero-order valence-electron chi connectivity index (χ0n) is 9.73. The van der Waals surface area contributed by atoms with Crippen LogP contribution in [0.15, 0.2) is 18.2 Å². The minimum absolute atomic E-state index is 0.189. The molecule has 2 rings (SSSR count). The van der Waals surface area contributed by atoms with E-state index in [1.54, 1.807) is 11.3 Å². The lowest BCUT2D eigenvalue weighted by Gasteiger charge is -2.02. The Balaban J connectivity index is 2.32. The molecule has 0 amide bonds. The van der Waals surface area contributed by atoms with Crippen molar-refractivity contribution in [3.05, 3.63) is 27.7 Å². The fourth-order valence-electron chi connectivity index (χ4n) is 1.67. The van der Waals surface area contributed by atoms with Crippen LogP contribution in [0.3, 0.4) is 0 Å². The summed E-state index contributed by atoms with van der Waals surface area (Å²) in [6.07, 6.45) is 0.318. The first-order valence-electron chi connectivity index (χ1n) is 5.36. The first-order chi connectivity index (χ1) is 8.11. The fraction of sp³-hybridized carbons (Fsp3) is 0.333. The highest BCUT2D eigenvalue weighted by Crippen LogP contribution is 2.23. The third-order valence-corrected chi connectivity index (χ3v) is 4.03. The van der Waals surface area contributed by atoms with Gasteiger partial charge in [-0.3, -0.25) is 4.79 Å². The molecule has 17 heavy (non-hydrogen) atoms. The number of aryl methyl sites for hydroxylation is 1. The highest BCUT2D eigenvalue weighted by molar-refractivity contribution is 7.73. The van der Waals surface area contributed by atoms with Gasteiger partial charge < -0.3 is 9.30 Å². The lowest BCUT2D eigenvalue weighted by Crippen LogP contribution is -2.07. The first kappa shape index (κ1) is 12.3. The van der Waals surface area contributed by atoms with Gasteiger partial charge in [0.1, 0.15) is 0 Å². The standard InChI is InChI=1S/C12H13NO2S2/c1-3-15-11(14)7-8-4-5-9-10(6-8)17-12(16)13(9)2/h4-6H,3,7H2,1-2H3. The zero-order valence-corrected chi connectivity index (χ0v) is 11.4. The number of rotatable bonds is 3. The Morgan fingerprint density at radius 3 is 3.00 bits per heavy atom. The van der Waals surface area contributed by atoms with Crippen molar-refractivity contribution >= 4 is 39.7 Å². The Hall–Kier alpha value is -1.20. The van der Waals surface area contributed by atoms with Crippen molar-refractivity contribution in [2.24, 2.45) is 7.05 Å². The molecule has 90 valence electrons. The Morgan fingerprint density at radius 1 is 1.53 bits per heavy atom. The Morgan fingerprint density at radius 2 is 2.29 bits per heavy atom. The van der Waals surface area contributed by atoms with Gasteiger partial charge in [-0.25, -0.2) is 0 Å². The van der Waals surface area contributed by atoms with Crippen LogP contribution in [-0.2, 0) is 23.0 Å². The van der Waals surface area contributed by atoms with Gasteiger partial charge in [-0.15, -0.1) is 11.3 Å². The maximum absolute atomic E-state index is 11.4. The maximum atomic E-state index is 11.4. The number of hydrogen-bond donors (Lipinski definition) is 0. The molecule has 2 aromatic rings. The summed E-state index contributed by atoms with van der Waals surface area (Å²) in [6.45, 7) is 2.23. The van der Waals surface area contributed by atoms with Crippen LogP contribution < -0.4 is 0 Å². The predicted molar refractivity (Wildman–Crippen MR) is 72.0 cm³/mol. The molecule has 0 aliphatic rings. The van der Waals surface area contributed by atoms with Crippen molar-refractivity contribution < 1.29 is 9.53 Å². The van der Waals surface area contributed by atoms with Gasteiger partial charge in [0, 0.05) is 7.05 Å². The van der Waals surface area contributed by atoms with Crippen LogP contribution in [0.4, 0.5) is 0 Å². The van der Waals surface area contributed by atoms with Crippen LogP contribution in [-0.4, -0.2) is 17.1 Å². The predicted octanol–water partition coefficient (Wildman–Crippen LogP) is 3.07. The maximum Gasteiger partial charge on any atom is 0.310 e. The number of ether oxygens (including phenoxy) is 1. The minimum atomic E-state index is -0.189. The number of carbonyl (C=O) groups excluding carboxylic acids is 1. The summed E-state index contributed by atoms with van der Waals surface area (Å²) in [5.41, 5.74) is 2.07. The van der Waals surface area contributed by atoms with E-state index in [0.29, 0.717) is 13.0 Å². The number of esters is 1. The molecule has 0 fully saturated rings. The van der Waals surface area contributed by atoms with Gasteiger partial charge in [0.2, 0.25) is 0 Å². The molecule has 0 saturated heterocycles. The molecular formula is C12H13NO2S2. The van der Waals surface area contributed by atoms with Crippen molar-refractivity contribution in [1.29, 1.82) is 0 Å². The summed E-state index contributed by atoms with van der Waals surface area (Å²) in [5.74, 6) is -0.189. The second kappa shape index (κ2) is 4.98. The molecule has 0 aliphatic heterocycles. The summed E-state index contributed by atoms with van der Waals surface area (Å²) >= 11 is 6.78. The summed E-state index contributed by atoms with van der Waals surface area (Å²) < 4.78 is 8.85. The second-order valence-electron chi connectivity index (χ2n) is 3.71. The van der Waals surface area contributed by atoms with Gasteiger partial charge >= 0.3 is 5.97 Å². The van der Waals surface area contributed by atoms with E-state index in [0.717, 1.165) is 19.7 Å². The highest BCUT2D eigenvalue weighted by atomic mass is 32.1. The average molecular weight is 267 g/mol. The number of aromatic nitrogens is 1. The summed E-state index contributed by atoms with van der Waals surface area (Å²) in [7, 11) is 1.95. The number of hydrogen-bond acceptors (Lipinski definition) is 4. The van der Waals surface area contributed by atoms with E-state index in [4.69, 9.17) is 17.0 Å². The van der Waals surface area contributed by atoms with E-state index in [-0.39, 0.29) is 5.97 Å². The monoisotopic (exact) mass is 267 g/mol.